The van der Waals surface area contributed by atoms with E-state index >= 15 is 0 Å². The Bertz CT molecular complexity index is 305. The Kier molecular flexibility index (Phi) is 2.75. The fraction of sp³-hybridized carbons (Fsp3) is 0.917. The van der Waals surface area contributed by atoms with Gasteiger partial charge in [0.15, 0.2) is 0 Å². The van der Waals surface area contributed by atoms with Crippen molar-refractivity contribution >= 4 is 5.97 Å². The molecule has 2 saturated heterocycles. The lowest BCUT2D eigenvalue weighted by Gasteiger charge is -2.50. The summed E-state index contributed by atoms with van der Waals surface area (Å²) in [6.07, 6.45) is 1.79. The van der Waals surface area contributed by atoms with Gasteiger partial charge in [0.2, 0.25) is 0 Å². The van der Waals surface area contributed by atoms with Crippen molar-refractivity contribution in [1.82, 2.24) is 4.90 Å². The van der Waals surface area contributed by atoms with Crippen LogP contribution in [0, 0.1) is 11.3 Å². The van der Waals surface area contributed by atoms with Gasteiger partial charge in [-0.25, -0.2) is 0 Å². The highest BCUT2D eigenvalue weighted by Crippen LogP contribution is 2.50. The Morgan fingerprint density at radius 3 is 2.56 bits per heavy atom. The van der Waals surface area contributed by atoms with Crippen molar-refractivity contribution in [2.24, 2.45) is 11.3 Å². The third-order valence-corrected chi connectivity index (χ3v) is 4.76. The number of aliphatic carboxylic acids is 1. The number of carboxylic acids is 1. The first-order valence-corrected chi connectivity index (χ1v) is 6.05. The van der Waals surface area contributed by atoms with Crippen LogP contribution in [0.15, 0.2) is 0 Å². The number of carboxylic acid groups (broad SMARTS) is 1. The number of aliphatic hydroxyl groups is 1. The average Bonchev–Trinajstić information content (AvgIpc) is 2.46. The third kappa shape index (κ3) is 1.26. The van der Waals surface area contributed by atoms with Crippen LogP contribution in [0.2, 0.25) is 0 Å². The number of rotatable bonds is 2. The van der Waals surface area contributed by atoms with Gasteiger partial charge in [0.05, 0.1) is 6.10 Å². The van der Waals surface area contributed by atoms with Crippen LogP contribution in [-0.2, 0) is 4.79 Å². The second-order valence-corrected chi connectivity index (χ2v) is 5.56. The fourth-order valence-corrected chi connectivity index (χ4v) is 3.85. The van der Waals surface area contributed by atoms with E-state index < -0.39 is 17.5 Å². The lowest BCUT2D eigenvalue weighted by Crippen LogP contribution is -2.63. The maximum atomic E-state index is 11.7. The largest absolute Gasteiger partial charge is 0.481 e. The van der Waals surface area contributed by atoms with E-state index in [1.165, 1.54) is 0 Å². The van der Waals surface area contributed by atoms with E-state index in [1.807, 2.05) is 20.9 Å². The Balaban J connectivity index is 2.45. The van der Waals surface area contributed by atoms with Crippen molar-refractivity contribution in [3.8, 4) is 0 Å². The van der Waals surface area contributed by atoms with Crippen LogP contribution >= 0.6 is 0 Å². The van der Waals surface area contributed by atoms with Crippen molar-refractivity contribution in [3.63, 3.8) is 0 Å². The number of carbonyl (C=O) groups is 1. The molecule has 0 amide bonds. The van der Waals surface area contributed by atoms with Crippen LogP contribution in [0.5, 0.6) is 0 Å². The van der Waals surface area contributed by atoms with Crippen molar-refractivity contribution < 1.29 is 15.0 Å². The second-order valence-electron chi connectivity index (χ2n) is 5.56. The van der Waals surface area contributed by atoms with Gasteiger partial charge in [0.1, 0.15) is 5.41 Å². The SMILES string of the molecule is CC(C)[C@]1(C(=O)O)[C@@H](O)C[C@@H]2CC[C@H]1N2C. The highest BCUT2D eigenvalue weighted by Gasteiger charge is 2.61. The van der Waals surface area contributed by atoms with E-state index in [9.17, 15) is 15.0 Å². The smallest absolute Gasteiger partial charge is 0.314 e. The van der Waals surface area contributed by atoms with Crippen molar-refractivity contribution in [1.29, 1.82) is 0 Å². The van der Waals surface area contributed by atoms with Gasteiger partial charge in [-0.05, 0) is 32.2 Å². The van der Waals surface area contributed by atoms with Crippen LogP contribution < -0.4 is 0 Å². The molecule has 0 radical (unpaired) electrons. The maximum Gasteiger partial charge on any atom is 0.314 e. The molecule has 0 saturated carbocycles. The highest BCUT2D eigenvalue weighted by molar-refractivity contribution is 5.77. The molecule has 4 atom stereocenters. The van der Waals surface area contributed by atoms with E-state index in [0.29, 0.717) is 12.5 Å². The summed E-state index contributed by atoms with van der Waals surface area (Å²) >= 11 is 0. The summed E-state index contributed by atoms with van der Waals surface area (Å²) in [4.78, 5) is 13.8. The Labute approximate surface area is 96.3 Å². The summed E-state index contributed by atoms with van der Waals surface area (Å²) in [6.45, 7) is 3.81. The summed E-state index contributed by atoms with van der Waals surface area (Å²) in [5.41, 5.74) is -0.984. The lowest BCUT2D eigenvalue weighted by molar-refractivity contribution is -0.177. The predicted molar refractivity (Wildman–Crippen MR) is 60.1 cm³/mol. The standard InChI is InChI=1S/C12H21NO3/c1-7(2)12(11(15)16)9-5-4-8(13(9)3)6-10(12)14/h7-10,14H,4-6H2,1-3H3,(H,15,16)/t8-,9+,10-,12+/m0/s1. The number of hydrogen-bond acceptors (Lipinski definition) is 3. The Hall–Kier alpha value is -0.610. The van der Waals surface area contributed by atoms with Crippen molar-refractivity contribution in [3.05, 3.63) is 0 Å². The van der Waals surface area contributed by atoms with Gasteiger partial charge in [-0.1, -0.05) is 13.8 Å². The van der Waals surface area contributed by atoms with Crippen LogP contribution in [-0.4, -0.2) is 46.3 Å². The first kappa shape index (κ1) is 11.9. The first-order chi connectivity index (χ1) is 7.42. The molecule has 2 aliphatic heterocycles. The molecular weight excluding hydrogens is 206 g/mol. The topological polar surface area (TPSA) is 60.8 Å². The molecular formula is C12H21NO3. The normalized spacial score (nSPS) is 43.9. The minimum atomic E-state index is -0.984. The summed E-state index contributed by atoms with van der Waals surface area (Å²) in [7, 11) is 1.99. The van der Waals surface area contributed by atoms with Crippen molar-refractivity contribution in [2.45, 2.75) is 51.3 Å². The van der Waals surface area contributed by atoms with Crippen LogP contribution in [0.3, 0.4) is 0 Å². The number of hydrogen-bond donors (Lipinski definition) is 2. The van der Waals surface area contributed by atoms with Crippen LogP contribution in [0.25, 0.3) is 0 Å². The summed E-state index contributed by atoms with van der Waals surface area (Å²) in [6, 6.07) is 0.352. The van der Waals surface area contributed by atoms with Crippen LogP contribution in [0.1, 0.15) is 33.1 Å². The number of aliphatic hydroxyl groups excluding tert-OH is 1. The molecule has 0 aromatic heterocycles. The maximum absolute atomic E-state index is 11.7. The molecule has 2 aliphatic rings. The zero-order chi connectivity index (χ0) is 12.1. The molecule has 16 heavy (non-hydrogen) atoms. The van der Waals surface area contributed by atoms with Gasteiger partial charge in [0.25, 0.3) is 0 Å². The molecule has 4 heteroatoms. The van der Waals surface area contributed by atoms with Crippen LogP contribution in [0.4, 0.5) is 0 Å². The van der Waals surface area contributed by atoms with E-state index in [2.05, 4.69) is 4.90 Å². The molecule has 0 unspecified atom stereocenters. The zero-order valence-corrected chi connectivity index (χ0v) is 10.2. The minimum absolute atomic E-state index is 0.0150. The van der Waals surface area contributed by atoms with Crippen molar-refractivity contribution in [2.75, 3.05) is 7.05 Å². The molecule has 0 aromatic rings. The second kappa shape index (κ2) is 3.70. The third-order valence-electron chi connectivity index (χ3n) is 4.76. The summed E-state index contributed by atoms with van der Waals surface area (Å²) < 4.78 is 0. The number of nitrogens with zero attached hydrogens (tertiary/aromatic N) is 1. The Morgan fingerprint density at radius 1 is 1.44 bits per heavy atom. The quantitative estimate of drug-likeness (QED) is 0.737. The predicted octanol–water partition coefficient (Wildman–Crippen LogP) is 0.941. The minimum Gasteiger partial charge on any atom is -0.481 e. The fourth-order valence-electron chi connectivity index (χ4n) is 3.85. The van der Waals surface area contributed by atoms with Gasteiger partial charge in [-0.15, -0.1) is 0 Å². The first-order valence-electron chi connectivity index (χ1n) is 6.05. The summed E-state index contributed by atoms with van der Waals surface area (Å²) in [5.74, 6) is -0.890. The molecule has 2 fully saturated rings. The van der Waals surface area contributed by atoms with Gasteiger partial charge in [-0.2, -0.15) is 0 Å². The molecule has 92 valence electrons. The monoisotopic (exact) mass is 227 g/mol. The molecule has 0 spiro atoms. The average molecular weight is 227 g/mol. The molecule has 2 bridgehead atoms. The summed E-state index contributed by atoms with van der Waals surface area (Å²) in [5, 5.41) is 19.8. The highest BCUT2D eigenvalue weighted by atomic mass is 16.4. The van der Waals surface area contributed by atoms with E-state index in [1.54, 1.807) is 0 Å². The molecule has 2 heterocycles. The molecule has 2 rings (SSSR count). The van der Waals surface area contributed by atoms with E-state index in [4.69, 9.17) is 0 Å². The number of piperidine rings is 1. The molecule has 2 N–H and O–H groups in total. The lowest BCUT2D eigenvalue weighted by atomic mass is 9.64. The zero-order valence-electron chi connectivity index (χ0n) is 10.2. The van der Waals surface area contributed by atoms with Gasteiger partial charge >= 0.3 is 5.97 Å². The van der Waals surface area contributed by atoms with Gasteiger partial charge in [0, 0.05) is 12.1 Å². The Morgan fingerprint density at radius 2 is 2.06 bits per heavy atom. The molecule has 4 nitrogen and oxygen atoms in total. The number of fused-ring (bicyclic) bond motifs is 2. The molecule has 0 aromatic carbocycles. The van der Waals surface area contributed by atoms with Gasteiger partial charge < -0.3 is 10.2 Å². The van der Waals surface area contributed by atoms with E-state index in [-0.39, 0.29) is 12.0 Å². The van der Waals surface area contributed by atoms with E-state index in [0.717, 1.165) is 12.8 Å². The molecule has 0 aliphatic carbocycles. The van der Waals surface area contributed by atoms with Gasteiger partial charge in [-0.3, -0.25) is 9.69 Å².